The van der Waals surface area contributed by atoms with Gasteiger partial charge in [-0.05, 0) is 142 Å². The summed E-state index contributed by atoms with van der Waals surface area (Å²) in [7, 11) is -4.71. The number of rotatable bonds is 2. The molecule has 0 amide bonds. The largest absolute Gasteiger partial charge is 0.584 e. The smallest absolute Gasteiger partial charge is 0.394 e. The van der Waals surface area contributed by atoms with Crippen LogP contribution in [0.2, 0.25) is 0 Å². The van der Waals surface area contributed by atoms with Crippen LogP contribution in [0, 0.1) is 27.7 Å². The van der Waals surface area contributed by atoms with Crippen LogP contribution in [0.25, 0.3) is 65.3 Å². The lowest BCUT2D eigenvalue weighted by atomic mass is 9.74. The van der Waals surface area contributed by atoms with Crippen LogP contribution in [0.15, 0.2) is 109 Å². The number of hydrogen-bond donors (Lipinski definition) is 1. The van der Waals surface area contributed by atoms with Crippen LogP contribution in [0.3, 0.4) is 0 Å². The summed E-state index contributed by atoms with van der Waals surface area (Å²) in [6.45, 7) is 8.60. The molecule has 54 heavy (non-hydrogen) atoms. The maximum absolute atomic E-state index is 14.6. The monoisotopic (exact) mass is 722 g/mol. The Bertz CT molecular complexity index is 2840. The summed E-state index contributed by atoms with van der Waals surface area (Å²) in [6.07, 6.45) is 3.50. The van der Waals surface area contributed by atoms with Crippen LogP contribution in [-0.2, 0) is 22.8 Å². The molecule has 0 aromatic heterocycles. The Hall–Kier alpha value is -5.41. The van der Waals surface area contributed by atoms with Crippen LogP contribution < -0.4 is 9.05 Å². The van der Waals surface area contributed by atoms with E-state index in [1.807, 2.05) is 0 Å². The van der Waals surface area contributed by atoms with Gasteiger partial charge < -0.3 is 9.05 Å². The van der Waals surface area contributed by atoms with Crippen molar-refractivity contribution in [3.05, 3.63) is 154 Å². The molecule has 264 valence electrons. The maximum atomic E-state index is 14.6. The second kappa shape index (κ2) is 11.1. The van der Waals surface area contributed by atoms with Crippen LogP contribution in [0.5, 0.6) is 11.5 Å². The highest BCUT2D eigenvalue weighted by molar-refractivity contribution is 7.48. The van der Waals surface area contributed by atoms with Crippen molar-refractivity contribution in [3.8, 4) is 33.8 Å². The summed E-state index contributed by atoms with van der Waals surface area (Å²) in [6, 6.07) is 39.1. The Kier molecular flexibility index (Phi) is 6.57. The van der Waals surface area contributed by atoms with E-state index in [4.69, 9.17) is 9.05 Å². The topological polar surface area (TPSA) is 55.8 Å². The van der Waals surface area contributed by atoms with Gasteiger partial charge >= 0.3 is 7.82 Å². The Morgan fingerprint density at radius 3 is 1.37 bits per heavy atom. The molecule has 0 bridgehead atoms. The predicted octanol–water partition coefficient (Wildman–Crippen LogP) is 12.9. The number of fused-ring (bicyclic) bond motifs is 6. The highest BCUT2D eigenvalue weighted by Gasteiger charge is 2.52. The summed E-state index contributed by atoms with van der Waals surface area (Å²) in [4.78, 5) is 11.9. The van der Waals surface area contributed by atoms with E-state index in [-0.39, 0.29) is 0 Å². The van der Waals surface area contributed by atoms with E-state index >= 15 is 0 Å². The molecule has 1 heterocycles. The Labute approximate surface area is 314 Å². The number of phosphoric ester groups is 1. The average Bonchev–Trinajstić information content (AvgIpc) is 3.72. The average molecular weight is 723 g/mol. The molecule has 0 unspecified atom stereocenters. The molecule has 8 aromatic carbocycles. The molecule has 0 atom stereocenters. The van der Waals surface area contributed by atoms with Gasteiger partial charge in [-0.3, -0.25) is 4.89 Å². The van der Waals surface area contributed by atoms with Gasteiger partial charge in [-0.15, -0.1) is 0 Å². The van der Waals surface area contributed by atoms with Crippen molar-refractivity contribution >= 4 is 50.9 Å². The van der Waals surface area contributed by atoms with Crippen molar-refractivity contribution < 1.29 is 18.5 Å². The fourth-order valence-corrected chi connectivity index (χ4v) is 11.5. The first kappa shape index (κ1) is 32.1. The van der Waals surface area contributed by atoms with Gasteiger partial charge in [-0.2, -0.15) is 0 Å². The van der Waals surface area contributed by atoms with Gasteiger partial charge in [0.2, 0.25) is 0 Å². The minimum Gasteiger partial charge on any atom is -0.394 e. The summed E-state index contributed by atoms with van der Waals surface area (Å²) in [5, 5.41) is 9.21. The minimum atomic E-state index is -4.71. The van der Waals surface area contributed by atoms with Crippen molar-refractivity contribution in [3.63, 3.8) is 0 Å². The normalized spacial score (nSPS) is 16.2. The van der Waals surface area contributed by atoms with Crippen molar-refractivity contribution in [1.82, 2.24) is 0 Å². The molecule has 0 radical (unpaired) electrons. The molecular weight excluding hydrogens is 684 g/mol. The quantitative estimate of drug-likeness (QED) is 0.143. The standard InChI is InChI=1S/C49H39O4P/c1-27-21-29(3)39-25-43(35-11-7-5-9-33(35)41(39)23-27)37-15-13-31-17-19-49-20-18-32-14-16-38(48(46(32)49)53-54(50,51)52-47(37)45(31)49)44-26-40-30(4)22-28(2)24-42(40)34-10-6-8-12-36(34)44/h5-16,21-26H,17-20H2,1-4H3,(H,50,51). The zero-order valence-corrected chi connectivity index (χ0v) is 31.7. The fourth-order valence-electron chi connectivity index (χ4n) is 10.6. The third-order valence-electron chi connectivity index (χ3n) is 12.7. The molecule has 8 aromatic rings. The Morgan fingerprint density at radius 1 is 0.500 bits per heavy atom. The van der Waals surface area contributed by atoms with E-state index in [1.165, 1.54) is 44.2 Å². The van der Waals surface area contributed by atoms with Crippen molar-refractivity contribution in [2.45, 2.75) is 58.8 Å². The van der Waals surface area contributed by atoms with E-state index in [2.05, 4.69) is 137 Å². The summed E-state index contributed by atoms with van der Waals surface area (Å²) in [5.41, 5.74) is 12.5. The molecule has 4 nitrogen and oxygen atoms in total. The van der Waals surface area contributed by atoms with Crippen molar-refractivity contribution in [2.24, 2.45) is 0 Å². The number of phosphoric acid groups is 1. The Morgan fingerprint density at radius 2 is 0.926 bits per heavy atom. The van der Waals surface area contributed by atoms with E-state index in [0.29, 0.717) is 11.5 Å². The lowest BCUT2D eigenvalue weighted by Gasteiger charge is -2.35. The minimum absolute atomic E-state index is 0.416. The van der Waals surface area contributed by atoms with Gasteiger partial charge in [0.1, 0.15) is 11.5 Å². The first-order chi connectivity index (χ1) is 26.1. The van der Waals surface area contributed by atoms with Crippen LogP contribution >= 0.6 is 7.82 Å². The van der Waals surface area contributed by atoms with Crippen molar-refractivity contribution in [1.29, 1.82) is 0 Å². The zero-order valence-electron chi connectivity index (χ0n) is 30.8. The van der Waals surface area contributed by atoms with Crippen LogP contribution in [-0.4, -0.2) is 4.89 Å². The molecular formula is C49H39O4P. The molecule has 0 saturated heterocycles. The van der Waals surface area contributed by atoms with Crippen LogP contribution in [0.1, 0.15) is 57.3 Å². The second-order valence-electron chi connectivity index (χ2n) is 16.0. The van der Waals surface area contributed by atoms with Crippen LogP contribution in [0.4, 0.5) is 0 Å². The highest BCUT2D eigenvalue weighted by atomic mass is 31.2. The SMILES string of the molecule is Cc1cc(C)c2cc(-c3ccc4c5c3OP(=O)(O)Oc3c(-c6cc7c(C)cc(C)cc7c7ccccc67)ccc6c3C5(CC4)CC6)c3ccccc3c2c1. The number of aryl methyl sites for hydroxylation is 6. The predicted molar refractivity (Wildman–Crippen MR) is 221 cm³/mol. The number of hydrogen-bond acceptors (Lipinski definition) is 3. The van der Waals surface area contributed by atoms with E-state index in [0.717, 1.165) is 91.4 Å². The van der Waals surface area contributed by atoms with Crippen molar-refractivity contribution in [2.75, 3.05) is 0 Å². The molecule has 5 heteroatoms. The highest BCUT2D eigenvalue weighted by Crippen LogP contribution is 2.66. The summed E-state index contributed by atoms with van der Waals surface area (Å²) < 4.78 is 27.6. The molecule has 0 saturated carbocycles. The van der Waals surface area contributed by atoms with Gasteiger partial charge in [0, 0.05) is 27.7 Å². The van der Waals surface area contributed by atoms with Gasteiger partial charge in [-0.25, -0.2) is 4.57 Å². The lowest BCUT2D eigenvalue weighted by Crippen LogP contribution is -2.25. The fraction of sp³-hybridized carbons (Fsp3) is 0.184. The first-order valence-electron chi connectivity index (χ1n) is 19.0. The molecule has 0 fully saturated rings. The summed E-state index contributed by atoms with van der Waals surface area (Å²) in [5.74, 6) is 0.965. The molecule has 2 aliphatic carbocycles. The van der Waals surface area contributed by atoms with Gasteiger partial charge in [0.15, 0.2) is 0 Å². The third-order valence-corrected chi connectivity index (χ3v) is 13.6. The summed E-state index contributed by atoms with van der Waals surface area (Å²) >= 11 is 0. The van der Waals surface area contributed by atoms with Gasteiger partial charge in [0.25, 0.3) is 0 Å². The van der Waals surface area contributed by atoms with E-state index in [1.54, 1.807) is 0 Å². The van der Waals surface area contributed by atoms with Gasteiger partial charge in [-0.1, -0.05) is 108 Å². The molecule has 3 aliphatic rings. The first-order valence-corrected chi connectivity index (χ1v) is 20.5. The molecule has 1 N–H and O–H groups in total. The molecule has 11 rings (SSSR count). The third kappa shape index (κ3) is 4.39. The van der Waals surface area contributed by atoms with Gasteiger partial charge in [0.05, 0.1) is 0 Å². The molecule has 1 aliphatic heterocycles. The number of benzene rings is 8. The zero-order chi connectivity index (χ0) is 36.7. The molecule has 1 spiro atoms. The lowest BCUT2D eigenvalue weighted by molar-refractivity contribution is 0.281. The maximum Gasteiger partial charge on any atom is 0.584 e. The second-order valence-corrected chi connectivity index (χ2v) is 17.3. The van der Waals surface area contributed by atoms with E-state index in [9.17, 15) is 9.46 Å². The Balaban J connectivity index is 1.21. The van der Waals surface area contributed by atoms with E-state index < -0.39 is 13.2 Å².